The molecule has 0 amide bonds. The number of ether oxygens (including phenoxy) is 1. The lowest BCUT2D eigenvalue weighted by Crippen LogP contribution is -2.63. The second-order valence-corrected chi connectivity index (χ2v) is 12.9. The Morgan fingerprint density at radius 3 is 2.51 bits per heavy atom. The normalized spacial score (nSPS) is 45.5. The van der Waals surface area contributed by atoms with Crippen LogP contribution in [0.4, 0.5) is 0 Å². The van der Waals surface area contributed by atoms with Gasteiger partial charge in [-0.15, -0.1) is 0 Å². The van der Waals surface area contributed by atoms with Crippen LogP contribution in [-0.2, 0) is 10.3 Å². The summed E-state index contributed by atoms with van der Waals surface area (Å²) in [4.78, 5) is 2.53. The fraction of sp³-hybridized carbons (Fsp3) is 0.742. The molecule has 2 N–H and O–H groups in total. The molecule has 192 valence electrons. The highest BCUT2D eigenvalue weighted by molar-refractivity contribution is 5.35. The van der Waals surface area contributed by atoms with E-state index in [9.17, 15) is 10.2 Å². The van der Waals surface area contributed by atoms with Gasteiger partial charge >= 0.3 is 0 Å². The van der Waals surface area contributed by atoms with Gasteiger partial charge in [0.2, 0.25) is 0 Å². The highest BCUT2D eigenvalue weighted by atomic mass is 16.5. The summed E-state index contributed by atoms with van der Waals surface area (Å²) in [7, 11) is 0. The quantitative estimate of drug-likeness (QED) is 0.553. The van der Waals surface area contributed by atoms with Gasteiger partial charge in [-0.3, -0.25) is 0 Å². The van der Waals surface area contributed by atoms with Crippen molar-refractivity contribution in [2.45, 2.75) is 95.4 Å². The maximum absolute atomic E-state index is 12.8. The first-order valence-corrected chi connectivity index (χ1v) is 14.3. The molecule has 4 heteroatoms. The van der Waals surface area contributed by atoms with Crippen LogP contribution >= 0.6 is 0 Å². The van der Waals surface area contributed by atoms with Gasteiger partial charge in [0.25, 0.3) is 0 Å². The van der Waals surface area contributed by atoms with Gasteiger partial charge in [-0.1, -0.05) is 55.8 Å². The summed E-state index contributed by atoms with van der Waals surface area (Å²) in [6, 6.07) is 10.8. The number of aliphatic hydroxyl groups is 2. The zero-order valence-corrected chi connectivity index (χ0v) is 21.8. The number of benzene rings is 1. The van der Waals surface area contributed by atoms with Crippen molar-refractivity contribution >= 4 is 0 Å². The SMILES string of the molecule is C[C@]12CC[C@H]3[C@@H](CC=C4C[C@@H](O)CC[C@@]43C)[C@@]1(O)CC[C@]2(OCCN1CCCC1)c1ccccc1. The molecule has 0 aromatic heterocycles. The van der Waals surface area contributed by atoms with Gasteiger partial charge in [0.15, 0.2) is 0 Å². The third kappa shape index (κ3) is 3.46. The molecule has 6 rings (SSSR count). The summed E-state index contributed by atoms with van der Waals surface area (Å²) in [5, 5.41) is 23.1. The number of allylic oxidation sites excluding steroid dienone is 1. The fourth-order valence-electron chi connectivity index (χ4n) is 9.45. The molecule has 1 aliphatic heterocycles. The second-order valence-electron chi connectivity index (χ2n) is 12.9. The fourth-order valence-corrected chi connectivity index (χ4v) is 9.45. The van der Waals surface area contributed by atoms with E-state index in [1.807, 2.05) is 0 Å². The van der Waals surface area contributed by atoms with Crippen LogP contribution in [0.2, 0.25) is 0 Å². The molecule has 4 aliphatic carbocycles. The van der Waals surface area contributed by atoms with E-state index in [0.29, 0.717) is 5.92 Å². The molecule has 3 saturated carbocycles. The molecule has 5 aliphatic rings. The van der Waals surface area contributed by atoms with Crippen molar-refractivity contribution in [1.29, 1.82) is 0 Å². The van der Waals surface area contributed by atoms with E-state index >= 15 is 0 Å². The van der Waals surface area contributed by atoms with Crippen LogP contribution in [0.5, 0.6) is 0 Å². The van der Waals surface area contributed by atoms with Gasteiger partial charge in [-0.05, 0) is 100 Å². The molecule has 0 bridgehead atoms. The summed E-state index contributed by atoms with van der Waals surface area (Å²) in [5.41, 5.74) is 1.33. The number of hydrogen-bond acceptors (Lipinski definition) is 4. The lowest BCUT2D eigenvalue weighted by Gasteiger charge is -2.62. The molecule has 0 spiro atoms. The Bertz CT molecular complexity index is 957. The first-order chi connectivity index (χ1) is 16.8. The Balaban J connectivity index is 1.34. The molecular weight excluding hydrogens is 434 g/mol. The van der Waals surface area contributed by atoms with Gasteiger partial charge in [0.1, 0.15) is 5.60 Å². The van der Waals surface area contributed by atoms with E-state index in [0.717, 1.165) is 64.5 Å². The Morgan fingerprint density at radius 1 is 0.971 bits per heavy atom. The van der Waals surface area contributed by atoms with Crippen molar-refractivity contribution in [3.63, 3.8) is 0 Å². The predicted octanol–water partition coefficient (Wildman–Crippen LogP) is 5.43. The van der Waals surface area contributed by atoms with E-state index in [4.69, 9.17) is 4.74 Å². The molecular formula is C31H45NO3. The van der Waals surface area contributed by atoms with Gasteiger partial charge in [0, 0.05) is 12.0 Å². The Kier molecular flexibility index (Phi) is 5.99. The molecule has 7 atom stereocenters. The van der Waals surface area contributed by atoms with Crippen molar-refractivity contribution in [2.24, 2.45) is 22.7 Å². The average molecular weight is 480 g/mol. The summed E-state index contributed by atoms with van der Waals surface area (Å²) < 4.78 is 7.05. The van der Waals surface area contributed by atoms with Crippen LogP contribution < -0.4 is 0 Å². The Hall–Kier alpha value is -1.20. The van der Waals surface area contributed by atoms with Crippen molar-refractivity contribution in [2.75, 3.05) is 26.2 Å². The first kappa shape index (κ1) is 24.2. The lowest BCUT2D eigenvalue weighted by atomic mass is 9.45. The summed E-state index contributed by atoms with van der Waals surface area (Å²) in [6.07, 6.45) is 12.3. The maximum Gasteiger partial charge on any atom is 0.101 e. The monoisotopic (exact) mass is 479 g/mol. The molecule has 1 aromatic rings. The lowest BCUT2D eigenvalue weighted by molar-refractivity contribution is -0.232. The Morgan fingerprint density at radius 2 is 1.74 bits per heavy atom. The summed E-state index contributed by atoms with van der Waals surface area (Å²) >= 11 is 0. The molecule has 35 heavy (non-hydrogen) atoms. The highest BCUT2D eigenvalue weighted by Crippen LogP contribution is 2.71. The minimum Gasteiger partial charge on any atom is -0.393 e. The van der Waals surface area contributed by atoms with Crippen LogP contribution in [-0.4, -0.2) is 53.1 Å². The van der Waals surface area contributed by atoms with Crippen molar-refractivity contribution in [3.8, 4) is 0 Å². The number of aliphatic hydroxyl groups excluding tert-OH is 1. The van der Waals surface area contributed by atoms with Crippen LogP contribution in [0.25, 0.3) is 0 Å². The Labute approximate surface area is 211 Å². The second kappa shape index (κ2) is 8.68. The van der Waals surface area contributed by atoms with Crippen molar-refractivity contribution in [1.82, 2.24) is 4.90 Å². The predicted molar refractivity (Wildman–Crippen MR) is 139 cm³/mol. The van der Waals surface area contributed by atoms with Crippen molar-refractivity contribution < 1.29 is 14.9 Å². The minimum atomic E-state index is -0.736. The van der Waals surface area contributed by atoms with E-state index in [-0.39, 0.29) is 22.9 Å². The number of hydrogen-bond donors (Lipinski definition) is 2. The first-order valence-electron chi connectivity index (χ1n) is 14.3. The largest absolute Gasteiger partial charge is 0.393 e. The number of likely N-dealkylation sites (tertiary alicyclic amines) is 1. The van der Waals surface area contributed by atoms with Crippen LogP contribution in [0.3, 0.4) is 0 Å². The summed E-state index contributed by atoms with van der Waals surface area (Å²) in [6.45, 7) is 8.88. The van der Waals surface area contributed by atoms with Crippen LogP contribution in [0, 0.1) is 22.7 Å². The maximum atomic E-state index is 12.8. The molecule has 0 radical (unpaired) electrons. The standard InChI is InChI=1S/C31H45NO3/c1-28-14-12-25(33)22-24(28)10-11-27-26(28)13-15-29(2)30(27,34)16-17-31(29,23-8-4-3-5-9-23)35-21-20-32-18-6-7-19-32/h3-5,8-10,25-27,33-34H,6-7,11-22H2,1-2H3/t25-,26-,27+,28-,29-,30-,31-/m0/s1. The summed E-state index contributed by atoms with van der Waals surface area (Å²) in [5.74, 6) is 0.752. The van der Waals surface area contributed by atoms with Gasteiger partial charge in [-0.2, -0.15) is 0 Å². The molecule has 1 heterocycles. The number of nitrogens with zero attached hydrogens (tertiary/aromatic N) is 1. The zero-order valence-electron chi connectivity index (χ0n) is 21.8. The van der Waals surface area contributed by atoms with E-state index in [2.05, 4.69) is 55.2 Å². The minimum absolute atomic E-state index is 0.119. The molecule has 1 aromatic carbocycles. The third-order valence-corrected chi connectivity index (χ3v) is 11.6. The molecule has 1 saturated heterocycles. The van der Waals surface area contributed by atoms with Gasteiger partial charge in [0.05, 0.1) is 18.3 Å². The molecule has 4 fully saturated rings. The van der Waals surface area contributed by atoms with Gasteiger partial charge < -0.3 is 19.8 Å². The smallest absolute Gasteiger partial charge is 0.101 e. The zero-order chi connectivity index (χ0) is 24.3. The van der Waals surface area contributed by atoms with E-state index in [1.54, 1.807) is 0 Å². The van der Waals surface area contributed by atoms with E-state index < -0.39 is 11.2 Å². The van der Waals surface area contributed by atoms with Crippen LogP contribution in [0.1, 0.15) is 83.6 Å². The van der Waals surface area contributed by atoms with Gasteiger partial charge in [-0.25, -0.2) is 0 Å². The van der Waals surface area contributed by atoms with E-state index in [1.165, 1.54) is 37.1 Å². The average Bonchev–Trinajstić information content (AvgIpc) is 3.46. The number of rotatable bonds is 5. The third-order valence-electron chi connectivity index (χ3n) is 11.6. The molecule has 0 unspecified atom stereocenters. The number of fused-ring (bicyclic) bond motifs is 5. The molecule has 4 nitrogen and oxygen atoms in total. The highest BCUT2D eigenvalue weighted by Gasteiger charge is 2.72. The topological polar surface area (TPSA) is 52.9 Å². The van der Waals surface area contributed by atoms with Crippen molar-refractivity contribution in [3.05, 3.63) is 47.5 Å². The van der Waals surface area contributed by atoms with Crippen LogP contribution in [0.15, 0.2) is 42.0 Å².